The molecule has 0 saturated heterocycles. The number of benzene rings is 1. The van der Waals surface area contributed by atoms with Crippen molar-refractivity contribution in [1.29, 1.82) is 0 Å². The largest absolute Gasteiger partial charge is 0.478 e. The minimum Gasteiger partial charge on any atom is -0.478 e. The molecular weight excluding hydrogens is 234 g/mol. The Kier molecular flexibility index (Phi) is 5.32. The number of carbonyl (C=O) groups is 2. The van der Waals surface area contributed by atoms with Gasteiger partial charge in [0.15, 0.2) is 0 Å². The maximum atomic E-state index is 11.8. The molecule has 1 unspecified atom stereocenters. The molecule has 0 heterocycles. The molecule has 3 N–H and O–H groups in total. The number of rotatable bonds is 6. The van der Waals surface area contributed by atoms with Crippen molar-refractivity contribution in [2.75, 3.05) is 6.54 Å². The molecule has 18 heavy (non-hydrogen) atoms. The third-order valence-electron chi connectivity index (χ3n) is 2.52. The normalized spacial score (nSPS) is 11.9. The third-order valence-corrected chi connectivity index (χ3v) is 2.52. The number of nitrogens with one attached hydrogen (secondary N) is 1. The Labute approximate surface area is 105 Å². The van der Waals surface area contributed by atoms with Crippen LogP contribution in [-0.2, 0) is 0 Å². The molecule has 0 aliphatic carbocycles. The van der Waals surface area contributed by atoms with Crippen LogP contribution in [0, 0.1) is 0 Å². The fourth-order valence-electron chi connectivity index (χ4n) is 1.61. The van der Waals surface area contributed by atoms with Crippen molar-refractivity contribution in [3.63, 3.8) is 0 Å². The zero-order chi connectivity index (χ0) is 13.5. The molecule has 0 aliphatic heterocycles. The first-order chi connectivity index (χ1) is 8.56. The number of carbonyl (C=O) groups excluding carboxylic acids is 1. The Bertz CT molecular complexity index is 431. The Morgan fingerprint density at radius 2 is 1.89 bits per heavy atom. The van der Waals surface area contributed by atoms with Crippen molar-refractivity contribution in [1.82, 2.24) is 5.32 Å². The minimum absolute atomic E-state index is 0.0417. The lowest BCUT2D eigenvalue weighted by Gasteiger charge is -2.11. The molecule has 0 aliphatic rings. The number of carboxylic acid groups (broad SMARTS) is 1. The maximum Gasteiger partial charge on any atom is 0.336 e. The molecule has 0 saturated carbocycles. The first kappa shape index (κ1) is 14.2. The van der Waals surface area contributed by atoms with Crippen molar-refractivity contribution in [3.8, 4) is 0 Å². The standard InChI is InChI=1S/C13H17NO4/c1-2-5-9(15)8-14-12(16)10-6-3-4-7-11(10)13(17)18/h3-4,6-7,9,15H,2,5,8H2,1H3,(H,14,16)(H,17,18). The summed E-state index contributed by atoms with van der Waals surface area (Å²) in [5, 5.41) is 21.0. The van der Waals surface area contributed by atoms with Crippen LogP contribution in [-0.4, -0.2) is 34.7 Å². The average molecular weight is 251 g/mol. The summed E-state index contributed by atoms with van der Waals surface area (Å²) in [6.07, 6.45) is 0.819. The topological polar surface area (TPSA) is 86.6 Å². The molecule has 0 spiro atoms. The summed E-state index contributed by atoms with van der Waals surface area (Å²) in [5.74, 6) is -1.63. The van der Waals surface area contributed by atoms with Gasteiger partial charge in [0.1, 0.15) is 0 Å². The van der Waals surface area contributed by atoms with Gasteiger partial charge in [-0.15, -0.1) is 0 Å². The van der Waals surface area contributed by atoms with Crippen LogP contribution in [0.4, 0.5) is 0 Å². The number of hydrogen-bond acceptors (Lipinski definition) is 3. The highest BCUT2D eigenvalue weighted by atomic mass is 16.4. The number of carboxylic acids is 1. The molecule has 5 heteroatoms. The lowest BCUT2D eigenvalue weighted by molar-refractivity contribution is 0.0690. The third kappa shape index (κ3) is 3.85. The zero-order valence-electron chi connectivity index (χ0n) is 10.2. The lowest BCUT2D eigenvalue weighted by Crippen LogP contribution is -2.32. The van der Waals surface area contributed by atoms with Gasteiger partial charge in [-0.25, -0.2) is 4.79 Å². The van der Waals surface area contributed by atoms with Crippen LogP contribution in [0.3, 0.4) is 0 Å². The second-order valence-electron chi connectivity index (χ2n) is 4.00. The fraction of sp³-hybridized carbons (Fsp3) is 0.385. The summed E-state index contributed by atoms with van der Waals surface area (Å²) in [6.45, 7) is 2.06. The second kappa shape index (κ2) is 6.76. The quantitative estimate of drug-likeness (QED) is 0.710. The Hall–Kier alpha value is -1.88. The number of aliphatic hydroxyl groups excluding tert-OH is 1. The summed E-state index contributed by atoms with van der Waals surface area (Å²) < 4.78 is 0. The number of aromatic carboxylic acids is 1. The average Bonchev–Trinajstić information content (AvgIpc) is 2.36. The molecule has 0 aromatic heterocycles. The zero-order valence-corrected chi connectivity index (χ0v) is 10.2. The van der Waals surface area contributed by atoms with Crippen molar-refractivity contribution in [2.24, 2.45) is 0 Å². The van der Waals surface area contributed by atoms with Gasteiger partial charge in [0.05, 0.1) is 17.2 Å². The molecule has 0 bridgehead atoms. The highest BCUT2D eigenvalue weighted by Crippen LogP contribution is 2.08. The Morgan fingerprint density at radius 3 is 2.44 bits per heavy atom. The molecule has 1 aromatic rings. The van der Waals surface area contributed by atoms with Gasteiger partial charge in [0.25, 0.3) is 5.91 Å². The van der Waals surface area contributed by atoms with E-state index in [1.54, 1.807) is 12.1 Å². The van der Waals surface area contributed by atoms with Gasteiger partial charge < -0.3 is 15.5 Å². The highest BCUT2D eigenvalue weighted by molar-refractivity contribution is 6.04. The fourth-order valence-corrected chi connectivity index (χ4v) is 1.61. The van der Waals surface area contributed by atoms with E-state index in [4.69, 9.17) is 5.11 Å². The van der Waals surface area contributed by atoms with Crippen LogP contribution < -0.4 is 5.32 Å². The van der Waals surface area contributed by atoms with Gasteiger partial charge >= 0.3 is 5.97 Å². The van der Waals surface area contributed by atoms with E-state index < -0.39 is 18.0 Å². The van der Waals surface area contributed by atoms with E-state index in [2.05, 4.69) is 5.32 Å². The van der Waals surface area contributed by atoms with Crippen LogP contribution in [0.1, 0.15) is 40.5 Å². The van der Waals surface area contributed by atoms with Crippen LogP contribution in [0.25, 0.3) is 0 Å². The van der Waals surface area contributed by atoms with Crippen LogP contribution in [0.5, 0.6) is 0 Å². The summed E-state index contributed by atoms with van der Waals surface area (Å²) in [6, 6.07) is 5.99. The van der Waals surface area contributed by atoms with E-state index >= 15 is 0 Å². The molecule has 1 atom stereocenters. The molecule has 1 amide bonds. The van der Waals surface area contributed by atoms with E-state index in [1.807, 2.05) is 6.92 Å². The number of aliphatic hydroxyl groups is 1. The summed E-state index contributed by atoms with van der Waals surface area (Å²) in [4.78, 5) is 22.7. The van der Waals surface area contributed by atoms with E-state index in [9.17, 15) is 14.7 Å². The van der Waals surface area contributed by atoms with Crippen molar-refractivity contribution in [2.45, 2.75) is 25.9 Å². The molecular formula is C13H17NO4. The minimum atomic E-state index is -1.14. The molecule has 0 radical (unpaired) electrons. The molecule has 98 valence electrons. The van der Waals surface area contributed by atoms with Crippen LogP contribution in [0.2, 0.25) is 0 Å². The first-order valence-electron chi connectivity index (χ1n) is 5.84. The van der Waals surface area contributed by atoms with Gasteiger partial charge in [0.2, 0.25) is 0 Å². The van der Waals surface area contributed by atoms with Gasteiger partial charge in [-0.3, -0.25) is 4.79 Å². The van der Waals surface area contributed by atoms with E-state index in [1.165, 1.54) is 12.1 Å². The summed E-state index contributed by atoms with van der Waals surface area (Å²) in [7, 11) is 0. The molecule has 1 rings (SSSR count). The van der Waals surface area contributed by atoms with Crippen molar-refractivity contribution in [3.05, 3.63) is 35.4 Å². The van der Waals surface area contributed by atoms with Gasteiger partial charge in [-0.2, -0.15) is 0 Å². The monoisotopic (exact) mass is 251 g/mol. The molecule has 1 aromatic carbocycles. The van der Waals surface area contributed by atoms with Gasteiger partial charge in [-0.05, 0) is 18.6 Å². The van der Waals surface area contributed by atoms with E-state index in [0.29, 0.717) is 6.42 Å². The van der Waals surface area contributed by atoms with Crippen LogP contribution >= 0.6 is 0 Å². The summed E-state index contributed by atoms with van der Waals surface area (Å²) in [5.41, 5.74) is 0.0636. The molecule has 0 fully saturated rings. The molecule has 5 nitrogen and oxygen atoms in total. The van der Waals surface area contributed by atoms with Crippen molar-refractivity contribution >= 4 is 11.9 Å². The van der Waals surface area contributed by atoms with E-state index in [-0.39, 0.29) is 17.7 Å². The van der Waals surface area contributed by atoms with Gasteiger partial charge in [-0.1, -0.05) is 25.5 Å². The second-order valence-corrected chi connectivity index (χ2v) is 4.00. The predicted octanol–water partition coefficient (Wildman–Crippen LogP) is 1.28. The van der Waals surface area contributed by atoms with Gasteiger partial charge in [0, 0.05) is 6.54 Å². The lowest BCUT2D eigenvalue weighted by atomic mass is 10.1. The predicted molar refractivity (Wildman–Crippen MR) is 66.6 cm³/mol. The first-order valence-corrected chi connectivity index (χ1v) is 5.84. The Balaban J connectivity index is 2.70. The number of amides is 1. The highest BCUT2D eigenvalue weighted by Gasteiger charge is 2.16. The smallest absolute Gasteiger partial charge is 0.336 e. The van der Waals surface area contributed by atoms with Crippen LogP contribution in [0.15, 0.2) is 24.3 Å². The van der Waals surface area contributed by atoms with E-state index in [0.717, 1.165) is 6.42 Å². The van der Waals surface area contributed by atoms with Crippen molar-refractivity contribution < 1.29 is 19.8 Å². The number of hydrogen-bond donors (Lipinski definition) is 3. The summed E-state index contributed by atoms with van der Waals surface area (Å²) >= 11 is 0. The Morgan fingerprint density at radius 1 is 1.28 bits per heavy atom. The SMILES string of the molecule is CCCC(O)CNC(=O)c1ccccc1C(=O)O. The maximum absolute atomic E-state index is 11.8.